The first-order chi connectivity index (χ1) is 8.22. The van der Waals surface area contributed by atoms with Crippen LogP contribution in [-0.4, -0.2) is 29.1 Å². The van der Waals surface area contributed by atoms with Crippen molar-refractivity contribution in [3.63, 3.8) is 0 Å². The second-order valence-electron chi connectivity index (χ2n) is 5.68. The molecule has 2 fully saturated rings. The smallest absolute Gasteiger partial charge is 0.318 e. The summed E-state index contributed by atoms with van der Waals surface area (Å²) in [6, 6.07) is 1.51. The van der Waals surface area contributed by atoms with E-state index in [0.717, 1.165) is 12.8 Å². The van der Waals surface area contributed by atoms with Gasteiger partial charge in [0.2, 0.25) is 0 Å². The highest BCUT2D eigenvalue weighted by Crippen LogP contribution is 2.26. The van der Waals surface area contributed by atoms with Crippen LogP contribution < -0.4 is 5.32 Å². The number of amides is 2. The Balaban J connectivity index is 1.89. The zero-order valence-electron chi connectivity index (χ0n) is 11.2. The summed E-state index contributed by atoms with van der Waals surface area (Å²) in [6.07, 6.45) is 9.66. The molecular weight excluding hydrogens is 212 g/mol. The fourth-order valence-corrected chi connectivity index (χ4v) is 3.33. The van der Waals surface area contributed by atoms with E-state index >= 15 is 0 Å². The van der Waals surface area contributed by atoms with Crippen molar-refractivity contribution in [3.8, 4) is 0 Å². The highest BCUT2D eigenvalue weighted by Gasteiger charge is 2.33. The van der Waals surface area contributed by atoms with Gasteiger partial charge in [0.1, 0.15) is 0 Å². The summed E-state index contributed by atoms with van der Waals surface area (Å²) in [4.78, 5) is 14.4. The monoisotopic (exact) mass is 238 g/mol. The molecule has 1 heterocycles. The van der Waals surface area contributed by atoms with Gasteiger partial charge in [0, 0.05) is 18.1 Å². The minimum Gasteiger partial charge on any atom is -0.335 e. The second kappa shape index (κ2) is 5.74. The largest absolute Gasteiger partial charge is 0.335 e. The fraction of sp³-hybridized carbons (Fsp3) is 0.929. The van der Waals surface area contributed by atoms with Crippen LogP contribution in [0.1, 0.15) is 65.2 Å². The van der Waals surface area contributed by atoms with Crippen molar-refractivity contribution >= 4 is 6.03 Å². The summed E-state index contributed by atoms with van der Waals surface area (Å²) in [6.45, 7) is 4.36. The van der Waals surface area contributed by atoms with Gasteiger partial charge in [0.05, 0.1) is 0 Å². The first kappa shape index (κ1) is 12.7. The number of rotatable bonds is 2. The molecule has 0 bridgehead atoms. The topological polar surface area (TPSA) is 32.3 Å². The second-order valence-corrected chi connectivity index (χ2v) is 5.68. The molecule has 2 amide bonds. The van der Waals surface area contributed by atoms with Gasteiger partial charge >= 0.3 is 6.03 Å². The zero-order valence-corrected chi connectivity index (χ0v) is 11.2. The molecule has 2 atom stereocenters. The number of nitrogens with one attached hydrogen (secondary N) is 1. The van der Waals surface area contributed by atoms with E-state index in [9.17, 15) is 4.79 Å². The molecule has 2 rings (SSSR count). The van der Waals surface area contributed by atoms with Crippen LogP contribution in [0.4, 0.5) is 4.79 Å². The zero-order chi connectivity index (χ0) is 12.3. The third-order valence-corrected chi connectivity index (χ3v) is 4.42. The summed E-state index contributed by atoms with van der Waals surface area (Å²) in [7, 11) is 0. The van der Waals surface area contributed by atoms with Gasteiger partial charge < -0.3 is 10.2 Å². The van der Waals surface area contributed by atoms with Crippen molar-refractivity contribution in [1.29, 1.82) is 0 Å². The van der Waals surface area contributed by atoms with Crippen LogP contribution >= 0.6 is 0 Å². The third-order valence-electron chi connectivity index (χ3n) is 4.42. The summed E-state index contributed by atoms with van der Waals surface area (Å²) < 4.78 is 0. The lowest BCUT2D eigenvalue weighted by Crippen LogP contribution is -2.49. The minimum atomic E-state index is 0.189. The lowest BCUT2D eigenvalue weighted by molar-refractivity contribution is 0.168. The average Bonchev–Trinajstić information content (AvgIpc) is 2.71. The number of carbonyl (C=O) groups excluding carboxylic acids is 1. The van der Waals surface area contributed by atoms with E-state index in [1.54, 1.807) is 0 Å². The van der Waals surface area contributed by atoms with Crippen LogP contribution in [0.15, 0.2) is 0 Å². The highest BCUT2D eigenvalue weighted by atomic mass is 16.2. The Labute approximate surface area is 105 Å². The quantitative estimate of drug-likeness (QED) is 0.786. The number of hydrogen-bond donors (Lipinski definition) is 1. The van der Waals surface area contributed by atoms with Gasteiger partial charge in [-0.1, -0.05) is 26.2 Å². The van der Waals surface area contributed by atoms with Crippen LogP contribution in [0.2, 0.25) is 0 Å². The SMILES string of the molecule is CCC1CCC(C)N1C(=O)NC1CCCCC1. The number of urea groups is 1. The first-order valence-electron chi connectivity index (χ1n) is 7.31. The lowest BCUT2D eigenvalue weighted by atomic mass is 9.96. The van der Waals surface area contributed by atoms with Crippen LogP contribution in [-0.2, 0) is 0 Å². The molecule has 0 radical (unpaired) electrons. The molecule has 1 N–H and O–H groups in total. The first-order valence-corrected chi connectivity index (χ1v) is 7.31. The van der Waals surface area contributed by atoms with Gasteiger partial charge in [0.15, 0.2) is 0 Å². The van der Waals surface area contributed by atoms with Crippen molar-refractivity contribution in [2.45, 2.75) is 83.3 Å². The van der Waals surface area contributed by atoms with Gasteiger partial charge in [-0.2, -0.15) is 0 Å². The minimum absolute atomic E-state index is 0.189. The molecule has 1 aliphatic heterocycles. The summed E-state index contributed by atoms with van der Waals surface area (Å²) >= 11 is 0. The van der Waals surface area contributed by atoms with Gasteiger partial charge in [-0.15, -0.1) is 0 Å². The summed E-state index contributed by atoms with van der Waals surface area (Å²) in [5, 5.41) is 3.24. The molecule has 3 nitrogen and oxygen atoms in total. The molecule has 0 aromatic heterocycles. The predicted molar refractivity (Wildman–Crippen MR) is 70.0 cm³/mol. The molecule has 98 valence electrons. The van der Waals surface area contributed by atoms with E-state index in [1.807, 2.05) is 0 Å². The molecule has 2 aliphatic rings. The van der Waals surface area contributed by atoms with Crippen LogP contribution in [0.5, 0.6) is 0 Å². The van der Waals surface area contributed by atoms with Crippen molar-refractivity contribution in [3.05, 3.63) is 0 Å². The normalized spacial score (nSPS) is 30.6. The molecule has 1 saturated heterocycles. The Morgan fingerprint density at radius 3 is 2.53 bits per heavy atom. The van der Waals surface area contributed by atoms with Crippen molar-refractivity contribution in [1.82, 2.24) is 10.2 Å². The molecule has 1 saturated carbocycles. The molecule has 17 heavy (non-hydrogen) atoms. The van der Waals surface area contributed by atoms with E-state index < -0.39 is 0 Å². The molecular formula is C14H26N2O. The summed E-state index contributed by atoms with van der Waals surface area (Å²) in [5.41, 5.74) is 0. The van der Waals surface area contributed by atoms with Crippen LogP contribution in [0, 0.1) is 0 Å². The van der Waals surface area contributed by atoms with Crippen molar-refractivity contribution < 1.29 is 4.79 Å². The molecule has 0 spiro atoms. The fourth-order valence-electron chi connectivity index (χ4n) is 3.33. The number of hydrogen-bond acceptors (Lipinski definition) is 1. The Hall–Kier alpha value is -0.730. The van der Waals surface area contributed by atoms with Gasteiger partial charge in [-0.3, -0.25) is 0 Å². The number of carbonyl (C=O) groups is 1. The Morgan fingerprint density at radius 1 is 1.18 bits per heavy atom. The van der Waals surface area contributed by atoms with E-state index in [0.29, 0.717) is 18.1 Å². The van der Waals surface area contributed by atoms with E-state index in [2.05, 4.69) is 24.1 Å². The maximum atomic E-state index is 12.3. The van der Waals surface area contributed by atoms with Crippen LogP contribution in [0.25, 0.3) is 0 Å². The molecule has 0 aromatic carbocycles. The lowest BCUT2D eigenvalue weighted by Gasteiger charge is -2.31. The Bertz CT molecular complexity index is 261. The number of nitrogens with zero attached hydrogens (tertiary/aromatic N) is 1. The predicted octanol–water partition coefficient (Wildman–Crippen LogP) is 3.29. The van der Waals surface area contributed by atoms with Crippen molar-refractivity contribution in [2.75, 3.05) is 0 Å². The van der Waals surface area contributed by atoms with E-state index in [4.69, 9.17) is 0 Å². The maximum absolute atomic E-state index is 12.3. The molecule has 0 aromatic rings. The molecule has 3 heteroatoms. The molecule has 1 aliphatic carbocycles. The molecule has 2 unspecified atom stereocenters. The number of likely N-dealkylation sites (tertiary alicyclic amines) is 1. The van der Waals surface area contributed by atoms with Gasteiger partial charge in [0.25, 0.3) is 0 Å². The standard InChI is InChI=1S/C14H26N2O/c1-3-13-10-9-11(2)16(13)14(17)15-12-7-5-4-6-8-12/h11-13H,3-10H2,1-2H3,(H,15,17). The Morgan fingerprint density at radius 2 is 1.88 bits per heavy atom. The Kier molecular flexibility index (Phi) is 4.30. The highest BCUT2D eigenvalue weighted by molar-refractivity contribution is 5.75. The van der Waals surface area contributed by atoms with E-state index in [1.165, 1.54) is 38.5 Å². The third kappa shape index (κ3) is 2.93. The van der Waals surface area contributed by atoms with Gasteiger partial charge in [-0.25, -0.2) is 4.79 Å². The van der Waals surface area contributed by atoms with E-state index in [-0.39, 0.29) is 6.03 Å². The van der Waals surface area contributed by atoms with Gasteiger partial charge in [-0.05, 0) is 39.0 Å². The van der Waals surface area contributed by atoms with Crippen LogP contribution in [0.3, 0.4) is 0 Å². The average molecular weight is 238 g/mol. The maximum Gasteiger partial charge on any atom is 0.318 e. The van der Waals surface area contributed by atoms with Crippen molar-refractivity contribution in [2.24, 2.45) is 0 Å². The summed E-state index contributed by atoms with van der Waals surface area (Å²) in [5.74, 6) is 0.